The molecule has 0 bridgehead atoms. The van der Waals surface area contributed by atoms with E-state index in [1.165, 1.54) is 10.5 Å². The Kier molecular flexibility index (Phi) is 2.68. The van der Waals surface area contributed by atoms with Gasteiger partial charge in [0.1, 0.15) is 5.69 Å². The molecule has 0 aliphatic heterocycles. The van der Waals surface area contributed by atoms with Crippen molar-refractivity contribution in [1.29, 1.82) is 0 Å². The fourth-order valence-corrected chi connectivity index (χ4v) is 1.97. The maximum absolute atomic E-state index is 5.49. The molecule has 0 radical (unpaired) electrons. The molecular weight excluding hydrogens is 208 g/mol. The number of rotatable bonds is 2. The van der Waals surface area contributed by atoms with E-state index in [-0.39, 0.29) is 0 Å². The van der Waals surface area contributed by atoms with Gasteiger partial charge in [-0.15, -0.1) is 11.8 Å². The van der Waals surface area contributed by atoms with Gasteiger partial charge >= 0.3 is 0 Å². The number of hydrogen-bond donors (Lipinski definition) is 1. The number of thioether (sulfide) groups is 1. The van der Waals surface area contributed by atoms with E-state index in [9.17, 15) is 0 Å². The van der Waals surface area contributed by atoms with Gasteiger partial charge in [-0.05, 0) is 30.9 Å². The van der Waals surface area contributed by atoms with Crippen molar-refractivity contribution in [3.05, 3.63) is 29.8 Å². The lowest BCUT2D eigenvalue weighted by Gasteiger charge is -2.03. The largest absolute Gasteiger partial charge is 0.368 e. The van der Waals surface area contributed by atoms with Crippen molar-refractivity contribution in [2.45, 2.75) is 11.8 Å². The Labute approximate surface area is 92.6 Å². The van der Waals surface area contributed by atoms with Crippen molar-refractivity contribution in [2.24, 2.45) is 0 Å². The molecule has 15 heavy (non-hydrogen) atoms. The van der Waals surface area contributed by atoms with Gasteiger partial charge in [0.15, 0.2) is 0 Å². The van der Waals surface area contributed by atoms with Crippen LogP contribution in [0.5, 0.6) is 0 Å². The van der Waals surface area contributed by atoms with Gasteiger partial charge in [0, 0.05) is 16.5 Å². The molecule has 78 valence electrons. The number of anilines is 1. The topological polar surface area (TPSA) is 52.0 Å². The maximum Gasteiger partial charge on any atom is 0.222 e. The van der Waals surface area contributed by atoms with Gasteiger partial charge in [0.2, 0.25) is 5.88 Å². The third kappa shape index (κ3) is 1.99. The molecule has 0 aliphatic carbocycles. The second kappa shape index (κ2) is 3.98. The third-order valence-corrected chi connectivity index (χ3v) is 2.96. The highest BCUT2D eigenvalue weighted by atomic mass is 32.2. The Hall–Kier alpha value is -1.42. The van der Waals surface area contributed by atoms with E-state index in [0.717, 1.165) is 11.3 Å². The second-order valence-electron chi connectivity index (χ2n) is 3.30. The van der Waals surface area contributed by atoms with E-state index >= 15 is 0 Å². The lowest BCUT2D eigenvalue weighted by atomic mass is 10.1. The minimum absolute atomic E-state index is 0.346. The smallest absolute Gasteiger partial charge is 0.222 e. The third-order valence-electron chi connectivity index (χ3n) is 2.24. The molecule has 1 heterocycles. The van der Waals surface area contributed by atoms with Crippen LogP contribution in [0.4, 0.5) is 5.88 Å². The number of nitrogens with two attached hydrogens (primary N) is 1. The number of nitrogen functional groups attached to an aromatic ring is 1. The molecule has 2 aromatic rings. The summed E-state index contributed by atoms with van der Waals surface area (Å²) in [5.74, 6) is 0.346. The normalized spacial score (nSPS) is 10.5. The lowest BCUT2D eigenvalue weighted by Crippen LogP contribution is -1.83. The zero-order chi connectivity index (χ0) is 10.8. The van der Waals surface area contributed by atoms with E-state index in [1.807, 2.05) is 6.07 Å². The average molecular weight is 220 g/mol. The molecule has 3 nitrogen and oxygen atoms in total. The monoisotopic (exact) mass is 220 g/mol. The minimum atomic E-state index is 0.346. The van der Waals surface area contributed by atoms with Crippen LogP contribution in [0.15, 0.2) is 33.7 Å². The first-order chi connectivity index (χ1) is 7.20. The van der Waals surface area contributed by atoms with Gasteiger partial charge in [-0.3, -0.25) is 0 Å². The van der Waals surface area contributed by atoms with E-state index in [1.54, 1.807) is 17.8 Å². The molecule has 0 saturated heterocycles. The van der Waals surface area contributed by atoms with Crippen LogP contribution in [0.3, 0.4) is 0 Å². The van der Waals surface area contributed by atoms with Gasteiger partial charge in [-0.1, -0.05) is 11.2 Å². The average Bonchev–Trinajstić information content (AvgIpc) is 2.64. The molecule has 0 fully saturated rings. The fourth-order valence-electron chi connectivity index (χ4n) is 1.47. The van der Waals surface area contributed by atoms with Crippen LogP contribution in [-0.2, 0) is 0 Å². The van der Waals surface area contributed by atoms with Gasteiger partial charge in [0.05, 0.1) is 0 Å². The molecule has 4 heteroatoms. The summed E-state index contributed by atoms with van der Waals surface area (Å²) in [7, 11) is 0. The van der Waals surface area contributed by atoms with E-state index in [4.69, 9.17) is 10.3 Å². The van der Waals surface area contributed by atoms with E-state index in [2.05, 4.69) is 30.5 Å². The zero-order valence-electron chi connectivity index (χ0n) is 8.65. The summed E-state index contributed by atoms with van der Waals surface area (Å²) >= 11 is 1.72. The molecule has 0 unspecified atom stereocenters. The number of benzene rings is 1. The number of aromatic nitrogens is 1. The Balaban J connectivity index is 2.45. The second-order valence-corrected chi connectivity index (χ2v) is 4.18. The van der Waals surface area contributed by atoms with Crippen LogP contribution < -0.4 is 5.73 Å². The van der Waals surface area contributed by atoms with Crippen LogP contribution in [0, 0.1) is 6.92 Å². The predicted octanol–water partition coefficient (Wildman–Crippen LogP) is 2.95. The lowest BCUT2D eigenvalue weighted by molar-refractivity contribution is 0.439. The van der Waals surface area contributed by atoms with Crippen molar-refractivity contribution in [2.75, 3.05) is 12.0 Å². The summed E-state index contributed by atoms with van der Waals surface area (Å²) < 4.78 is 4.85. The van der Waals surface area contributed by atoms with Gasteiger partial charge in [-0.25, -0.2) is 0 Å². The molecule has 0 amide bonds. The highest BCUT2D eigenvalue weighted by Gasteiger charge is 2.07. The van der Waals surface area contributed by atoms with Crippen molar-refractivity contribution >= 4 is 17.6 Å². The maximum atomic E-state index is 5.49. The van der Waals surface area contributed by atoms with Crippen LogP contribution in [-0.4, -0.2) is 11.4 Å². The van der Waals surface area contributed by atoms with E-state index < -0.39 is 0 Å². The number of hydrogen-bond acceptors (Lipinski definition) is 4. The first-order valence-corrected chi connectivity index (χ1v) is 5.80. The van der Waals surface area contributed by atoms with Crippen molar-refractivity contribution in [1.82, 2.24) is 5.16 Å². The first kappa shape index (κ1) is 10.1. The summed E-state index contributed by atoms with van der Waals surface area (Å²) in [5, 5.41) is 3.90. The molecule has 0 spiro atoms. The van der Waals surface area contributed by atoms with Crippen molar-refractivity contribution < 1.29 is 4.52 Å². The number of aryl methyl sites for hydroxylation is 1. The van der Waals surface area contributed by atoms with Gasteiger partial charge in [-0.2, -0.15) is 0 Å². The summed E-state index contributed by atoms with van der Waals surface area (Å²) in [5.41, 5.74) is 8.52. The SMILES string of the molecule is CSc1ccc(-c2cc(N)on2)c(C)c1. The quantitative estimate of drug-likeness (QED) is 0.790. The molecule has 0 saturated carbocycles. The van der Waals surface area contributed by atoms with Crippen LogP contribution in [0.25, 0.3) is 11.3 Å². The summed E-state index contributed by atoms with van der Waals surface area (Å²) in [6.45, 7) is 2.06. The van der Waals surface area contributed by atoms with Gasteiger partial charge in [0.25, 0.3) is 0 Å². The van der Waals surface area contributed by atoms with Crippen LogP contribution in [0.1, 0.15) is 5.56 Å². The predicted molar refractivity (Wildman–Crippen MR) is 62.9 cm³/mol. The number of nitrogens with zero attached hydrogens (tertiary/aromatic N) is 1. The van der Waals surface area contributed by atoms with Crippen molar-refractivity contribution in [3.63, 3.8) is 0 Å². The summed E-state index contributed by atoms with van der Waals surface area (Å²) in [6, 6.07) is 7.97. The summed E-state index contributed by atoms with van der Waals surface area (Å²) in [6.07, 6.45) is 2.06. The van der Waals surface area contributed by atoms with Crippen molar-refractivity contribution in [3.8, 4) is 11.3 Å². The Bertz CT molecular complexity index is 479. The molecule has 0 aliphatic rings. The van der Waals surface area contributed by atoms with Crippen LogP contribution >= 0.6 is 11.8 Å². The Morgan fingerprint density at radius 2 is 2.13 bits per heavy atom. The fraction of sp³-hybridized carbons (Fsp3) is 0.182. The Morgan fingerprint density at radius 3 is 2.67 bits per heavy atom. The minimum Gasteiger partial charge on any atom is -0.368 e. The summed E-state index contributed by atoms with van der Waals surface area (Å²) in [4.78, 5) is 1.24. The molecular formula is C11H12N2OS. The first-order valence-electron chi connectivity index (χ1n) is 4.58. The molecule has 2 N–H and O–H groups in total. The zero-order valence-corrected chi connectivity index (χ0v) is 9.47. The molecule has 1 aromatic heterocycles. The molecule has 0 atom stereocenters. The van der Waals surface area contributed by atoms with E-state index in [0.29, 0.717) is 5.88 Å². The molecule has 2 rings (SSSR count). The highest BCUT2D eigenvalue weighted by Crippen LogP contribution is 2.27. The molecule has 1 aromatic carbocycles. The van der Waals surface area contributed by atoms with Gasteiger partial charge < -0.3 is 10.3 Å². The van der Waals surface area contributed by atoms with Crippen LogP contribution in [0.2, 0.25) is 0 Å². The standard InChI is InChI=1S/C11H12N2OS/c1-7-5-8(15-2)3-4-9(7)10-6-11(12)14-13-10/h3-6H,12H2,1-2H3. The Morgan fingerprint density at radius 1 is 1.33 bits per heavy atom. The highest BCUT2D eigenvalue weighted by molar-refractivity contribution is 7.98.